The zero-order valence-corrected chi connectivity index (χ0v) is 9.84. The van der Waals surface area contributed by atoms with Gasteiger partial charge in [-0.2, -0.15) is 0 Å². The highest BCUT2D eigenvalue weighted by atomic mass is 32.2. The first kappa shape index (κ1) is 12.7. The van der Waals surface area contributed by atoms with Crippen LogP contribution in [-0.2, 0) is 10.0 Å². The maximum atomic E-state index is 11.7. The molecule has 1 aromatic rings. The predicted molar refractivity (Wildman–Crippen MR) is 59.0 cm³/mol. The molecule has 0 aliphatic heterocycles. The van der Waals surface area contributed by atoms with Crippen molar-refractivity contribution in [2.75, 3.05) is 6.54 Å². The van der Waals surface area contributed by atoms with Crippen molar-refractivity contribution in [1.29, 1.82) is 0 Å². The third-order valence-electron chi connectivity index (χ3n) is 1.94. The van der Waals surface area contributed by atoms with Gasteiger partial charge in [0.2, 0.25) is 10.0 Å². The summed E-state index contributed by atoms with van der Waals surface area (Å²) < 4.78 is 25.6. The molecule has 0 bridgehead atoms. The molecule has 0 spiro atoms. The second-order valence-electron chi connectivity index (χ2n) is 3.34. The Morgan fingerprint density at radius 3 is 2.50 bits per heavy atom. The Labute approximate surface area is 94.2 Å². The molecular weight excluding hydrogens is 230 g/mol. The van der Waals surface area contributed by atoms with Gasteiger partial charge in [-0.1, -0.05) is 6.92 Å². The van der Waals surface area contributed by atoms with Gasteiger partial charge >= 0.3 is 5.97 Å². The van der Waals surface area contributed by atoms with Crippen molar-refractivity contribution in [2.45, 2.75) is 18.7 Å². The number of hydrogen-bond donors (Lipinski definition) is 2. The summed E-state index contributed by atoms with van der Waals surface area (Å²) in [5, 5.41) is 8.81. The standard InChI is InChI=1S/C10H13NO4S/c1-3-11-16(14,15)9-5-7(2)4-8(6-9)10(12)13/h4-6,11H,3H2,1-2H3,(H,12,13). The average molecular weight is 243 g/mol. The van der Waals surface area contributed by atoms with E-state index in [0.29, 0.717) is 5.56 Å². The molecule has 16 heavy (non-hydrogen) atoms. The summed E-state index contributed by atoms with van der Waals surface area (Å²) in [5.74, 6) is -1.14. The molecule has 0 saturated heterocycles. The van der Waals surface area contributed by atoms with Crippen LogP contribution in [0.15, 0.2) is 23.1 Å². The van der Waals surface area contributed by atoms with E-state index in [-0.39, 0.29) is 17.0 Å². The van der Waals surface area contributed by atoms with Gasteiger partial charge in [-0.25, -0.2) is 17.9 Å². The van der Waals surface area contributed by atoms with E-state index in [0.717, 1.165) is 6.07 Å². The van der Waals surface area contributed by atoms with Crippen LogP contribution in [0.25, 0.3) is 0 Å². The molecule has 0 unspecified atom stereocenters. The Bertz CT molecular complexity index is 508. The van der Waals surface area contributed by atoms with E-state index in [1.165, 1.54) is 12.1 Å². The number of carbonyl (C=O) groups is 1. The Kier molecular flexibility index (Phi) is 3.66. The lowest BCUT2D eigenvalue weighted by Crippen LogP contribution is -2.23. The smallest absolute Gasteiger partial charge is 0.335 e. The van der Waals surface area contributed by atoms with Crippen LogP contribution in [0.5, 0.6) is 0 Å². The molecule has 2 N–H and O–H groups in total. The number of aryl methyl sites for hydroxylation is 1. The van der Waals surface area contributed by atoms with Crippen LogP contribution < -0.4 is 4.72 Å². The minimum Gasteiger partial charge on any atom is -0.478 e. The highest BCUT2D eigenvalue weighted by molar-refractivity contribution is 7.89. The van der Waals surface area contributed by atoms with Crippen LogP contribution in [0, 0.1) is 6.92 Å². The molecule has 0 aromatic heterocycles. The topological polar surface area (TPSA) is 83.5 Å². The number of carboxylic acid groups (broad SMARTS) is 1. The molecule has 0 radical (unpaired) electrons. The lowest BCUT2D eigenvalue weighted by molar-refractivity contribution is 0.0696. The summed E-state index contributed by atoms with van der Waals surface area (Å²) in [6.07, 6.45) is 0. The van der Waals surface area contributed by atoms with Crippen LogP contribution in [0.4, 0.5) is 0 Å². The molecule has 1 rings (SSSR count). The molecular formula is C10H13NO4S. The number of hydrogen-bond acceptors (Lipinski definition) is 3. The number of rotatable bonds is 4. The summed E-state index contributed by atoms with van der Waals surface area (Å²) in [6.45, 7) is 3.57. The lowest BCUT2D eigenvalue weighted by Gasteiger charge is -2.06. The van der Waals surface area contributed by atoms with Gasteiger partial charge in [0.1, 0.15) is 0 Å². The number of aromatic carboxylic acids is 1. The van der Waals surface area contributed by atoms with E-state index in [1.54, 1.807) is 13.8 Å². The molecule has 0 saturated carbocycles. The fourth-order valence-corrected chi connectivity index (χ4v) is 2.47. The molecule has 1 aromatic carbocycles. The molecule has 0 heterocycles. The van der Waals surface area contributed by atoms with Crippen LogP contribution in [-0.4, -0.2) is 26.0 Å². The number of nitrogens with one attached hydrogen (secondary N) is 1. The van der Waals surface area contributed by atoms with E-state index in [2.05, 4.69) is 4.72 Å². The summed E-state index contributed by atoms with van der Waals surface area (Å²) in [4.78, 5) is 10.8. The van der Waals surface area contributed by atoms with Crippen LogP contribution >= 0.6 is 0 Å². The molecule has 0 aliphatic rings. The molecule has 0 atom stereocenters. The first-order chi connectivity index (χ1) is 7.36. The van der Waals surface area contributed by atoms with Crippen LogP contribution in [0.1, 0.15) is 22.8 Å². The van der Waals surface area contributed by atoms with E-state index in [9.17, 15) is 13.2 Å². The summed E-state index contributed by atoms with van der Waals surface area (Å²) in [7, 11) is -3.60. The van der Waals surface area contributed by atoms with Crippen molar-refractivity contribution in [1.82, 2.24) is 4.72 Å². The molecule has 6 heteroatoms. The van der Waals surface area contributed by atoms with Crippen molar-refractivity contribution in [3.63, 3.8) is 0 Å². The quantitative estimate of drug-likeness (QED) is 0.826. The molecule has 88 valence electrons. The SMILES string of the molecule is CCNS(=O)(=O)c1cc(C)cc(C(=O)O)c1. The van der Waals surface area contributed by atoms with Gasteiger partial charge in [-0.15, -0.1) is 0 Å². The third kappa shape index (κ3) is 2.80. The van der Waals surface area contributed by atoms with Crippen molar-refractivity contribution >= 4 is 16.0 Å². The lowest BCUT2D eigenvalue weighted by atomic mass is 10.1. The van der Waals surface area contributed by atoms with Gasteiger partial charge in [-0.3, -0.25) is 0 Å². The van der Waals surface area contributed by atoms with E-state index < -0.39 is 16.0 Å². The van der Waals surface area contributed by atoms with Gasteiger partial charge in [0, 0.05) is 6.54 Å². The van der Waals surface area contributed by atoms with Crippen LogP contribution in [0.2, 0.25) is 0 Å². The normalized spacial score (nSPS) is 11.4. The Morgan fingerprint density at radius 1 is 1.38 bits per heavy atom. The van der Waals surface area contributed by atoms with Gasteiger partial charge in [0.15, 0.2) is 0 Å². The van der Waals surface area contributed by atoms with Crippen molar-refractivity contribution in [2.24, 2.45) is 0 Å². The highest BCUT2D eigenvalue weighted by Crippen LogP contribution is 2.14. The van der Waals surface area contributed by atoms with E-state index in [4.69, 9.17) is 5.11 Å². The van der Waals surface area contributed by atoms with Crippen molar-refractivity contribution in [3.05, 3.63) is 29.3 Å². The monoisotopic (exact) mass is 243 g/mol. The van der Waals surface area contributed by atoms with Crippen LogP contribution in [0.3, 0.4) is 0 Å². The van der Waals surface area contributed by atoms with E-state index in [1.807, 2.05) is 0 Å². The summed E-state index contributed by atoms with van der Waals surface area (Å²) in [6, 6.07) is 4.01. The zero-order chi connectivity index (χ0) is 12.3. The maximum absolute atomic E-state index is 11.7. The molecule has 0 aliphatic carbocycles. The van der Waals surface area contributed by atoms with Gasteiger partial charge in [0.05, 0.1) is 10.5 Å². The number of carboxylic acids is 1. The minimum atomic E-state index is -3.60. The Hall–Kier alpha value is -1.40. The first-order valence-corrected chi connectivity index (χ1v) is 6.20. The summed E-state index contributed by atoms with van der Waals surface area (Å²) >= 11 is 0. The van der Waals surface area contributed by atoms with Crippen molar-refractivity contribution in [3.8, 4) is 0 Å². The van der Waals surface area contributed by atoms with Crippen molar-refractivity contribution < 1.29 is 18.3 Å². The Morgan fingerprint density at radius 2 is 2.00 bits per heavy atom. The predicted octanol–water partition coefficient (Wildman–Crippen LogP) is 0.991. The van der Waals surface area contributed by atoms with Gasteiger partial charge < -0.3 is 5.11 Å². The maximum Gasteiger partial charge on any atom is 0.335 e. The van der Waals surface area contributed by atoms with Gasteiger partial charge in [0.25, 0.3) is 0 Å². The van der Waals surface area contributed by atoms with E-state index >= 15 is 0 Å². The number of benzene rings is 1. The first-order valence-electron chi connectivity index (χ1n) is 4.71. The summed E-state index contributed by atoms with van der Waals surface area (Å²) in [5.41, 5.74) is 0.563. The van der Waals surface area contributed by atoms with Gasteiger partial charge in [-0.05, 0) is 30.7 Å². The fourth-order valence-electron chi connectivity index (χ4n) is 1.30. The molecule has 0 amide bonds. The molecule has 0 fully saturated rings. The minimum absolute atomic E-state index is 0.0215. The second kappa shape index (κ2) is 4.63. The molecule has 5 nitrogen and oxygen atoms in total. The third-order valence-corrected chi connectivity index (χ3v) is 3.47. The number of sulfonamides is 1. The zero-order valence-electron chi connectivity index (χ0n) is 9.02. The average Bonchev–Trinajstić information content (AvgIpc) is 2.16. The largest absolute Gasteiger partial charge is 0.478 e. The second-order valence-corrected chi connectivity index (χ2v) is 5.11. The fraction of sp³-hybridized carbons (Fsp3) is 0.300. The Balaban J connectivity index is 3.30. The highest BCUT2D eigenvalue weighted by Gasteiger charge is 2.15.